The lowest BCUT2D eigenvalue weighted by Gasteiger charge is -2.12. The zero-order valence-electron chi connectivity index (χ0n) is 13.3. The molecule has 4 heteroatoms. The van der Waals surface area contributed by atoms with Crippen molar-refractivity contribution in [1.29, 1.82) is 0 Å². The molecule has 120 valence electrons. The van der Waals surface area contributed by atoms with E-state index in [4.69, 9.17) is 0 Å². The van der Waals surface area contributed by atoms with Gasteiger partial charge in [-0.3, -0.25) is 9.78 Å². The van der Waals surface area contributed by atoms with Crippen LogP contribution in [0.1, 0.15) is 16.1 Å². The number of nitrogens with one attached hydrogen (secondary N) is 2. The van der Waals surface area contributed by atoms with E-state index in [1.54, 1.807) is 6.20 Å². The summed E-state index contributed by atoms with van der Waals surface area (Å²) in [6.45, 7) is 0.551. The first-order chi connectivity index (χ1) is 11.8. The number of hydrogen-bond donors (Lipinski definition) is 2. The smallest absolute Gasteiger partial charge is 0.253 e. The van der Waals surface area contributed by atoms with Crippen LogP contribution < -0.4 is 10.6 Å². The number of aromatic nitrogens is 1. The molecule has 2 aromatic carbocycles. The monoisotopic (exact) mass is 317 g/mol. The van der Waals surface area contributed by atoms with Crippen molar-refractivity contribution in [2.75, 3.05) is 11.9 Å². The Kier molecular flexibility index (Phi) is 5.20. The fraction of sp³-hybridized carbons (Fsp3) is 0.100. The number of anilines is 2. The summed E-state index contributed by atoms with van der Waals surface area (Å²) in [6, 6.07) is 23.1. The average molecular weight is 317 g/mol. The van der Waals surface area contributed by atoms with Crippen molar-refractivity contribution in [3.63, 3.8) is 0 Å². The second kappa shape index (κ2) is 7.92. The molecule has 3 rings (SSSR count). The molecule has 1 heterocycles. The second-order valence-electron chi connectivity index (χ2n) is 5.36. The first kappa shape index (κ1) is 15.7. The summed E-state index contributed by atoms with van der Waals surface area (Å²) in [5, 5.41) is 6.24. The van der Waals surface area contributed by atoms with Gasteiger partial charge in [0.2, 0.25) is 0 Å². The van der Waals surface area contributed by atoms with Crippen molar-refractivity contribution in [3.05, 3.63) is 90.3 Å². The van der Waals surface area contributed by atoms with Crippen LogP contribution >= 0.6 is 0 Å². The lowest BCUT2D eigenvalue weighted by molar-refractivity contribution is 0.0955. The predicted molar refractivity (Wildman–Crippen MR) is 96.4 cm³/mol. The highest BCUT2D eigenvalue weighted by Gasteiger charge is 2.10. The molecule has 0 unspecified atom stereocenters. The number of pyridine rings is 1. The average Bonchev–Trinajstić information content (AvgIpc) is 2.64. The fourth-order valence-corrected chi connectivity index (χ4v) is 2.41. The topological polar surface area (TPSA) is 54.0 Å². The molecule has 0 aliphatic rings. The largest absolute Gasteiger partial charge is 0.355 e. The van der Waals surface area contributed by atoms with Crippen LogP contribution in [0.4, 0.5) is 11.4 Å². The van der Waals surface area contributed by atoms with Gasteiger partial charge in [-0.1, -0.05) is 36.4 Å². The molecule has 3 aromatic rings. The molecule has 0 aliphatic heterocycles. The van der Waals surface area contributed by atoms with E-state index in [-0.39, 0.29) is 5.91 Å². The maximum atomic E-state index is 12.5. The van der Waals surface area contributed by atoms with Crippen LogP contribution in [0, 0.1) is 0 Å². The van der Waals surface area contributed by atoms with Gasteiger partial charge in [0.15, 0.2) is 0 Å². The summed E-state index contributed by atoms with van der Waals surface area (Å²) in [5.74, 6) is -0.0926. The van der Waals surface area contributed by atoms with E-state index in [9.17, 15) is 4.79 Å². The number of hydrogen-bond acceptors (Lipinski definition) is 3. The minimum Gasteiger partial charge on any atom is -0.355 e. The van der Waals surface area contributed by atoms with Crippen molar-refractivity contribution in [1.82, 2.24) is 10.3 Å². The highest BCUT2D eigenvalue weighted by atomic mass is 16.1. The molecule has 1 aromatic heterocycles. The molecule has 0 radical (unpaired) electrons. The van der Waals surface area contributed by atoms with E-state index in [1.165, 1.54) is 0 Å². The molecule has 0 saturated heterocycles. The van der Waals surface area contributed by atoms with Crippen molar-refractivity contribution < 1.29 is 4.79 Å². The Bertz CT molecular complexity index is 788. The SMILES string of the molecule is O=C(NCCc1ccccn1)c1ccccc1Nc1ccccc1. The molecule has 4 nitrogen and oxygen atoms in total. The summed E-state index contributed by atoms with van der Waals surface area (Å²) in [4.78, 5) is 16.7. The number of benzene rings is 2. The molecular formula is C20H19N3O. The van der Waals surface area contributed by atoms with Gasteiger partial charge in [0.1, 0.15) is 0 Å². The number of para-hydroxylation sites is 2. The minimum absolute atomic E-state index is 0.0926. The van der Waals surface area contributed by atoms with Crippen molar-refractivity contribution in [3.8, 4) is 0 Å². The maximum Gasteiger partial charge on any atom is 0.253 e. The van der Waals surface area contributed by atoms with Crippen LogP contribution in [-0.2, 0) is 6.42 Å². The first-order valence-electron chi connectivity index (χ1n) is 7.92. The Balaban J connectivity index is 1.64. The number of amides is 1. The Hall–Kier alpha value is -3.14. The molecule has 0 saturated carbocycles. The van der Waals surface area contributed by atoms with Crippen molar-refractivity contribution in [2.45, 2.75) is 6.42 Å². The van der Waals surface area contributed by atoms with E-state index in [2.05, 4.69) is 15.6 Å². The Morgan fingerprint density at radius 2 is 1.62 bits per heavy atom. The molecule has 1 amide bonds. The molecule has 0 spiro atoms. The summed E-state index contributed by atoms with van der Waals surface area (Å²) in [6.07, 6.45) is 2.47. The highest BCUT2D eigenvalue weighted by Crippen LogP contribution is 2.20. The standard InChI is InChI=1S/C20H19N3O/c24-20(22-15-13-16-8-6-7-14-21-16)18-11-4-5-12-19(18)23-17-9-2-1-3-10-17/h1-12,14,23H,13,15H2,(H,22,24). The van der Waals surface area contributed by atoms with Crippen molar-refractivity contribution >= 4 is 17.3 Å². The summed E-state index contributed by atoms with van der Waals surface area (Å²) >= 11 is 0. The second-order valence-corrected chi connectivity index (χ2v) is 5.36. The van der Waals surface area contributed by atoms with Crippen LogP contribution in [-0.4, -0.2) is 17.4 Å². The van der Waals surface area contributed by atoms with E-state index >= 15 is 0 Å². The fourth-order valence-electron chi connectivity index (χ4n) is 2.41. The summed E-state index contributed by atoms with van der Waals surface area (Å²) in [5.41, 5.74) is 3.33. The zero-order valence-corrected chi connectivity index (χ0v) is 13.3. The lowest BCUT2D eigenvalue weighted by Crippen LogP contribution is -2.26. The highest BCUT2D eigenvalue weighted by molar-refractivity contribution is 6.00. The van der Waals surface area contributed by atoms with Crippen LogP contribution in [0.15, 0.2) is 79.0 Å². The summed E-state index contributed by atoms with van der Waals surface area (Å²) < 4.78 is 0. The molecule has 0 aliphatic carbocycles. The minimum atomic E-state index is -0.0926. The maximum absolute atomic E-state index is 12.5. The number of carbonyl (C=O) groups excluding carboxylic acids is 1. The van der Waals surface area contributed by atoms with Gasteiger partial charge in [0, 0.05) is 30.5 Å². The Labute approximate surface area is 141 Å². The van der Waals surface area contributed by atoms with E-state index in [0.717, 1.165) is 17.1 Å². The van der Waals surface area contributed by atoms with Gasteiger partial charge in [0.25, 0.3) is 5.91 Å². The summed E-state index contributed by atoms with van der Waals surface area (Å²) in [7, 11) is 0. The number of nitrogens with zero attached hydrogens (tertiary/aromatic N) is 1. The quantitative estimate of drug-likeness (QED) is 0.727. The van der Waals surface area contributed by atoms with Crippen LogP contribution in [0.2, 0.25) is 0 Å². The molecule has 2 N–H and O–H groups in total. The number of carbonyl (C=O) groups is 1. The van der Waals surface area contributed by atoms with Gasteiger partial charge in [-0.05, 0) is 36.4 Å². The third kappa shape index (κ3) is 4.20. The third-order valence-corrected chi connectivity index (χ3v) is 3.62. The van der Waals surface area contributed by atoms with Crippen molar-refractivity contribution in [2.24, 2.45) is 0 Å². The first-order valence-corrected chi connectivity index (χ1v) is 7.92. The van der Waals surface area contributed by atoms with Crippen LogP contribution in [0.3, 0.4) is 0 Å². The third-order valence-electron chi connectivity index (χ3n) is 3.62. The molecule has 24 heavy (non-hydrogen) atoms. The molecular weight excluding hydrogens is 298 g/mol. The molecule has 0 fully saturated rings. The van der Waals surface area contributed by atoms with Gasteiger partial charge in [-0.2, -0.15) is 0 Å². The van der Waals surface area contributed by atoms with Gasteiger partial charge in [0.05, 0.1) is 11.3 Å². The lowest BCUT2D eigenvalue weighted by atomic mass is 10.1. The number of rotatable bonds is 6. The Morgan fingerprint density at radius 3 is 2.42 bits per heavy atom. The molecule has 0 bridgehead atoms. The van der Waals surface area contributed by atoms with Gasteiger partial charge >= 0.3 is 0 Å². The van der Waals surface area contributed by atoms with Gasteiger partial charge in [-0.25, -0.2) is 0 Å². The Morgan fingerprint density at radius 1 is 0.875 bits per heavy atom. The van der Waals surface area contributed by atoms with E-state index in [1.807, 2.05) is 72.8 Å². The molecule has 0 atom stereocenters. The van der Waals surface area contributed by atoms with E-state index in [0.29, 0.717) is 18.5 Å². The van der Waals surface area contributed by atoms with Crippen LogP contribution in [0.25, 0.3) is 0 Å². The van der Waals surface area contributed by atoms with Gasteiger partial charge < -0.3 is 10.6 Å². The zero-order chi connectivity index (χ0) is 16.6. The predicted octanol–water partition coefficient (Wildman–Crippen LogP) is 3.80. The van der Waals surface area contributed by atoms with Gasteiger partial charge in [-0.15, -0.1) is 0 Å². The van der Waals surface area contributed by atoms with Crippen LogP contribution in [0.5, 0.6) is 0 Å². The van der Waals surface area contributed by atoms with E-state index < -0.39 is 0 Å². The normalized spacial score (nSPS) is 10.2.